The number of aromatic nitrogens is 5. The molecule has 2 N–H and O–H groups in total. The fraction of sp³-hybridized carbons (Fsp3) is 0.429. The van der Waals surface area contributed by atoms with Crippen LogP contribution >= 0.6 is 0 Å². The normalized spacial score (nSPS) is 16.7. The van der Waals surface area contributed by atoms with Crippen molar-refractivity contribution in [2.24, 2.45) is 0 Å². The Morgan fingerprint density at radius 2 is 1.81 bits per heavy atom. The van der Waals surface area contributed by atoms with Crippen LogP contribution in [0.4, 0.5) is 17.3 Å². The van der Waals surface area contributed by atoms with Gasteiger partial charge in [0, 0.05) is 73.6 Å². The van der Waals surface area contributed by atoms with E-state index in [1.54, 1.807) is 17.0 Å². The molecular weight excluding hydrogens is 464 g/mol. The summed E-state index contributed by atoms with van der Waals surface area (Å²) < 4.78 is 3.94. The van der Waals surface area contributed by atoms with Crippen LogP contribution < -0.4 is 21.1 Å². The molecular formula is C28H34N8O. The topological polar surface area (TPSA) is 92.9 Å². The minimum absolute atomic E-state index is 0.0640. The van der Waals surface area contributed by atoms with Crippen LogP contribution in [0.5, 0.6) is 0 Å². The summed E-state index contributed by atoms with van der Waals surface area (Å²) in [5.74, 6) is 1.21. The summed E-state index contributed by atoms with van der Waals surface area (Å²) in [6.45, 7) is 8.06. The third-order valence-corrected chi connectivity index (χ3v) is 7.52. The zero-order valence-electron chi connectivity index (χ0n) is 21.5. The summed E-state index contributed by atoms with van der Waals surface area (Å²) >= 11 is 0. The van der Waals surface area contributed by atoms with E-state index in [0.29, 0.717) is 23.2 Å². The van der Waals surface area contributed by atoms with Crippen molar-refractivity contribution in [3.8, 4) is 11.4 Å². The van der Waals surface area contributed by atoms with Crippen LogP contribution in [0.2, 0.25) is 0 Å². The number of hydrogen-bond acceptors (Lipinski definition) is 7. The lowest BCUT2D eigenvalue weighted by molar-refractivity contribution is 0.522. The molecule has 1 aromatic carbocycles. The van der Waals surface area contributed by atoms with Crippen molar-refractivity contribution in [3.63, 3.8) is 0 Å². The van der Waals surface area contributed by atoms with E-state index in [1.807, 2.05) is 38.2 Å². The van der Waals surface area contributed by atoms with Gasteiger partial charge in [0.25, 0.3) is 5.56 Å². The molecule has 0 amide bonds. The van der Waals surface area contributed by atoms with Crippen LogP contribution in [0.15, 0.2) is 53.7 Å². The van der Waals surface area contributed by atoms with Crippen molar-refractivity contribution in [2.45, 2.75) is 51.6 Å². The first-order chi connectivity index (χ1) is 18.1. The summed E-state index contributed by atoms with van der Waals surface area (Å²) in [6.07, 6.45) is 10.3. The number of nitrogens with one attached hydrogen (secondary N) is 2. The Morgan fingerprint density at radius 3 is 2.54 bits per heavy atom. The molecule has 1 saturated carbocycles. The third-order valence-electron chi connectivity index (χ3n) is 7.52. The first-order valence-electron chi connectivity index (χ1n) is 13.4. The van der Waals surface area contributed by atoms with Gasteiger partial charge in [-0.25, -0.2) is 9.97 Å². The van der Waals surface area contributed by atoms with Gasteiger partial charge in [-0.2, -0.15) is 4.98 Å². The molecule has 0 spiro atoms. The van der Waals surface area contributed by atoms with E-state index in [2.05, 4.69) is 42.2 Å². The van der Waals surface area contributed by atoms with Gasteiger partial charge in [0.2, 0.25) is 5.95 Å². The maximum absolute atomic E-state index is 13.8. The summed E-state index contributed by atoms with van der Waals surface area (Å²) in [4.78, 5) is 30.1. The molecule has 1 aliphatic heterocycles. The molecule has 1 aliphatic carbocycles. The predicted octanol–water partition coefficient (Wildman–Crippen LogP) is 4.50. The van der Waals surface area contributed by atoms with Crippen LogP contribution in [-0.4, -0.2) is 50.3 Å². The average molecular weight is 499 g/mol. The van der Waals surface area contributed by atoms with E-state index in [9.17, 15) is 4.79 Å². The Labute approximate surface area is 216 Å². The number of fused-ring (bicyclic) bond motifs is 1. The molecule has 2 aliphatic rings. The lowest BCUT2D eigenvalue weighted by Crippen LogP contribution is -2.43. The van der Waals surface area contributed by atoms with E-state index >= 15 is 0 Å². The molecule has 2 fully saturated rings. The highest BCUT2D eigenvalue weighted by Gasteiger charge is 2.23. The van der Waals surface area contributed by atoms with Crippen LogP contribution in [0.1, 0.15) is 51.6 Å². The monoisotopic (exact) mass is 498 g/mol. The standard InChI is InChI=1S/C28H34N8O/c1-19(2)36-25-20(17-24(27(36)37)26-30-13-16-35(26)23-5-3-4-6-23)18-31-28(33-25)32-21-7-9-22(10-8-21)34-14-11-29-12-15-34/h7-10,13,16-19,23,29H,3-6,11-12,14-15H2,1-2H3,(H,31,32,33). The molecule has 4 heterocycles. The Morgan fingerprint density at radius 1 is 1.05 bits per heavy atom. The minimum atomic E-state index is -0.0713. The summed E-state index contributed by atoms with van der Waals surface area (Å²) in [5.41, 5.74) is 3.28. The maximum atomic E-state index is 13.8. The van der Waals surface area contributed by atoms with E-state index in [1.165, 1.54) is 18.5 Å². The number of pyridine rings is 1. The number of anilines is 3. The number of piperazine rings is 1. The number of rotatable bonds is 6. The quantitative estimate of drug-likeness (QED) is 0.404. The van der Waals surface area contributed by atoms with E-state index in [-0.39, 0.29) is 11.6 Å². The molecule has 0 unspecified atom stereocenters. The molecule has 192 valence electrons. The Balaban J connectivity index is 1.33. The second-order valence-corrected chi connectivity index (χ2v) is 10.3. The second-order valence-electron chi connectivity index (χ2n) is 10.3. The minimum Gasteiger partial charge on any atom is -0.369 e. The Hall–Kier alpha value is -3.72. The molecule has 1 saturated heterocycles. The first-order valence-corrected chi connectivity index (χ1v) is 13.4. The van der Waals surface area contributed by atoms with Gasteiger partial charge in [0.1, 0.15) is 11.5 Å². The molecule has 4 aromatic rings. The van der Waals surface area contributed by atoms with Gasteiger partial charge in [-0.1, -0.05) is 12.8 Å². The number of nitrogens with zero attached hydrogens (tertiary/aromatic N) is 6. The molecule has 0 atom stereocenters. The van der Waals surface area contributed by atoms with Crippen molar-refractivity contribution >= 4 is 28.4 Å². The highest BCUT2D eigenvalue weighted by Crippen LogP contribution is 2.33. The van der Waals surface area contributed by atoms with Crippen LogP contribution in [-0.2, 0) is 0 Å². The SMILES string of the molecule is CC(C)n1c(=O)c(-c2nccn2C2CCCC2)cc2cnc(Nc3ccc(N4CCNCC4)cc3)nc21. The molecule has 0 bridgehead atoms. The van der Waals surface area contributed by atoms with E-state index in [0.717, 1.165) is 55.9 Å². The van der Waals surface area contributed by atoms with Crippen molar-refractivity contribution < 1.29 is 0 Å². The largest absolute Gasteiger partial charge is 0.369 e. The molecule has 37 heavy (non-hydrogen) atoms. The maximum Gasteiger partial charge on any atom is 0.263 e. The van der Waals surface area contributed by atoms with Crippen LogP contribution in [0, 0.1) is 0 Å². The smallest absolute Gasteiger partial charge is 0.263 e. The van der Waals surface area contributed by atoms with Crippen LogP contribution in [0.25, 0.3) is 22.4 Å². The molecule has 0 radical (unpaired) electrons. The highest BCUT2D eigenvalue weighted by molar-refractivity contribution is 5.81. The summed E-state index contributed by atoms with van der Waals surface area (Å²) in [7, 11) is 0. The Kier molecular flexibility index (Phi) is 6.38. The fourth-order valence-electron chi connectivity index (χ4n) is 5.63. The second kappa shape index (κ2) is 9.97. The van der Waals surface area contributed by atoms with Crippen molar-refractivity contribution in [1.29, 1.82) is 0 Å². The number of imidazole rings is 1. The third kappa shape index (κ3) is 4.59. The van der Waals surface area contributed by atoms with Gasteiger partial charge >= 0.3 is 0 Å². The number of hydrogen-bond donors (Lipinski definition) is 2. The number of benzene rings is 1. The van der Waals surface area contributed by atoms with E-state index in [4.69, 9.17) is 4.98 Å². The average Bonchev–Trinajstić information content (AvgIpc) is 3.61. The van der Waals surface area contributed by atoms with Crippen molar-refractivity contribution in [1.82, 2.24) is 29.4 Å². The van der Waals surface area contributed by atoms with Gasteiger partial charge < -0.3 is 20.1 Å². The molecule has 9 nitrogen and oxygen atoms in total. The summed E-state index contributed by atoms with van der Waals surface area (Å²) in [6, 6.07) is 10.6. The molecule has 6 rings (SSSR count). The van der Waals surface area contributed by atoms with Gasteiger partial charge in [0.15, 0.2) is 0 Å². The van der Waals surface area contributed by atoms with Gasteiger partial charge in [-0.05, 0) is 57.0 Å². The van der Waals surface area contributed by atoms with Gasteiger partial charge in [-0.15, -0.1) is 0 Å². The molecule has 3 aromatic heterocycles. The highest BCUT2D eigenvalue weighted by atomic mass is 16.1. The van der Waals surface area contributed by atoms with Gasteiger partial charge in [-0.3, -0.25) is 9.36 Å². The first kappa shape index (κ1) is 23.7. The molecule has 9 heteroatoms. The zero-order valence-corrected chi connectivity index (χ0v) is 21.5. The van der Waals surface area contributed by atoms with Gasteiger partial charge in [0.05, 0.1) is 5.56 Å². The van der Waals surface area contributed by atoms with Crippen molar-refractivity contribution in [2.75, 3.05) is 36.4 Å². The van der Waals surface area contributed by atoms with Crippen LogP contribution in [0.3, 0.4) is 0 Å². The lowest BCUT2D eigenvalue weighted by Gasteiger charge is -2.29. The fourth-order valence-corrected chi connectivity index (χ4v) is 5.63. The van der Waals surface area contributed by atoms with Crippen molar-refractivity contribution in [3.05, 3.63) is 59.3 Å². The predicted molar refractivity (Wildman–Crippen MR) is 148 cm³/mol. The lowest BCUT2D eigenvalue weighted by atomic mass is 10.1. The van der Waals surface area contributed by atoms with E-state index < -0.39 is 0 Å². The zero-order chi connectivity index (χ0) is 25.4. The Bertz CT molecular complexity index is 1440. The summed E-state index contributed by atoms with van der Waals surface area (Å²) in [5, 5.41) is 7.52.